The Kier molecular flexibility index (Phi) is 5.94. The summed E-state index contributed by atoms with van der Waals surface area (Å²) in [6.07, 6.45) is 4.48. The van der Waals surface area contributed by atoms with E-state index in [0.29, 0.717) is 18.8 Å². The van der Waals surface area contributed by atoms with Crippen LogP contribution in [0.2, 0.25) is 0 Å². The predicted octanol–water partition coefficient (Wildman–Crippen LogP) is 0.658. The van der Waals surface area contributed by atoms with E-state index in [-0.39, 0.29) is 6.61 Å². The third kappa shape index (κ3) is 5.25. The van der Waals surface area contributed by atoms with Gasteiger partial charge in [-0.15, -0.1) is 6.42 Å². The van der Waals surface area contributed by atoms with Crippen LogP contribution in [0.3, 0.4) is 0 Å². The van der Waals surface area contributed by atoms with Crippen LogP contribution in [0, 0.1) is 12.3 Å². The topological polar surface area (TPSA) is 50.7 Å². The molecule has 0 aliphatic heterocycles. The SMILES string of the molecule is C#CCNCC(O)COc1cccc(OC)c1. The van der Waals surface area contributed by atoms with Crippen molar-refractivity contribution in [2.24, 2.45) is 0 Å². The van der Waals surface area contributed by atoms with E-state index < -0.39 is 6.10 Å². The fourth-order valence-electron chi connectivity index (χ4n) is 1.25. The zero-order valence-corrected chi connectivity index (χ0v) is 9.85. The minimum Gasteiger partial charge on any atom is -0.497 e. The number of ether oxygens (including phenoxy) is 2. The van der Waals surface area contributed by atoms with Crippen molar-refractivity contribution in [1.29, 1.82) is 0 Å². The number of hydrogen-bond donors (Lipinski definition) is 2. The van der Waals surface area contributed by atoms with E-state index in [9.17, 15) is 5.11 Å². The Labute approximate surface area is 102 Å². The number of benzene rings is 1. The van der Waals surface area contributed by atoms with Gasteiger partial charge in [-0.2, -0.15) is 0 Å². The van der Waals surface area contributed by atoms with Crippen LogP contribution in [0.1, 0.15) is 0 Å². The van der Waals surface area contributed by atoms with E-state index in [2.05, 4.69) is 11.2 Å². The zero-order chi connectivity index (χ0) is 12.5. The fourth-order valence-corrected chi connectivity index (χ4v) is 1.25. The van der Waals surface area contributed by atoms with E-state index in [1.54, 1.807) is 13.2 Å². The van der Waals surface area contributed by atoms with E-state index in [1.807, 2.05) is 18.2 Å². The van der Waals surface area contributed by atoms with Gasteiger partial charge >= 0.3 is 0 Å². The summed E-state index contributed by atoms with van der Waals surface area (Å²) in [4.78, 5) is 0. The molecule has 0 saturated heterocycles. The monoisotopic (exact) mass is 235 g/mol. The van der Waals surface area contributed by atoms with Crippen LogP contribution >= 0.6 is 0 Å². The molecule has 0 aromatic heterocycles. The molecule has 1 atom stereocenters. The van der Waals surface area contributed by atoms with Crippen LogP contribution in [0.25, 0.3) is 0 Å². The lowest BCUT2D eigenvalue weighted by atomic mass is 10.3. The Bertz CT molecular complexity index is 373. The zero-order valence-electron chi connectivity index (χ0n) is 9.85. The molecule has 17 heavy (non-hydrogen) atoms. The number of methoxy groups -OCH3 is 1. The van der Waals surface area contributed by atoms with Crippen LogP contribution in [0.15, 0.2) is 24.3 Å². The van der Waals surface area contributed by atoms with Crippen molar-refractivity contribution in [3.63, 3.8) is 0 Å². The second-order valence-corrected chi connectivity index (χ2v) is 3.48. The van der Waals surface area contributed by atoms with Gasteiger partial charge < -0.3 is 19.9 Å². The highest BCUT2D eigenvalue weighted by Gasteiger charge is 2.04. The molecule has 0 radical (unpaired) electrons. The van der Waals surface area contributed by atoms with Crippen LogP contribution < -0.4 is 14.8 Å². The maximum atomic E-state index is 9.58. The Hall–Kier alpha value is -1.70. The Balaban J connectivity index is 2.31. The number of hydrogen-bond acceptors (Lipinski definition) is 4. The van der Waals surface area contributed by atoms with Crippen molar-refractivity contribution < 1.29 is 14.6 Å². The summed E-state index contributed by atoms with van der Waals surface area (Å²) < 4.78 is 10.5. The number of rotatable bonds is 7. The summed E-state index contributed by atoms with van der Waals surface area (Å²) in [6.45, 7) is 1.06. The Morgan fingerprint density at radius 2 is 2.24 bits per heavy atom. The maximum Gasteiger partial charge on any atom is 0.123 e. The number of aliphatic hydroxyl groups is 1. The minimum absolute atomic E-state index is 0.213. The molecule has 4 nitrogen and oxygen atoms in total. The second-order valence-electron chi connectivity index (χ2n) is 3.48. The molecule has 0 spiro atoms. The first-order chi connectivity index (χ1) is 8.26. The van der Waals surface area contributed by atoms with Crippen molar-refractivity contribution in [2.45, 2.75) is 6.10 Å². The summed E-state index contributed by atoms with van der Waals surface area (Å²) >= 11 is 0. The fraction of sp³-hybridized carbons (Fsp3) is 0.385. The van der Waals surface area contributed by atoms with Gasteiger partial charge in [-0.3, -0.25) is 0 Å². The normalized spacial score (nSPS) is 11.6. The standard InChI is InChI=1S/C13H17NO3/c1-3-7-14-9-11(15)10-17-13-6-4-5-12(8-13)16-2/h1,4-6,8,11,14-15H,7,9-10H2,2H3. The number of aliphatic hydroxyl groups excluding tert-OH is 1. The molecule has 92 valence electrons. The van der Waals surface area contributed by atoms with Gasteiger partial charge in [-0.05, 0) is 12.1 Å². The van der Waals surface area contributed by atoms with E-state index in [0.717, 1.165) is 5.75 Å². The maximum absolute atomic E-state index is 9.58. The van der Waals surface area contributed by atoms with Crippen LogP contribution in [-0.2, 0) is 0 Å². The number of nitrogens with one attached hydrogen (secondary N) is 1. The van der Waals surface area contributed by atoms with Crippen LogP contribution in [-0.4, -0.2) is 38.0 Å². The lowest BCUT2D eigenvalue weighted by Crippen LogP contribution is -2.31. The average molecular weight is 235 g/mol. The molecule has 1 aromatic rings. The van der Waals surface area contributed by atoms with Gasteiger partial charge in [0.1, 0.15) is 24.2 Å². The Morgan fingerprint density at radius 3 is 2.94 bits per heavy atom. The van der Waals surface area contributed by atoms with Gasteiger partial charge in [-0.1, -0.05) is 12.0 Å². The first-order valence-corrected chi connectivity index (χ1v) is 5.35. The molecule has 0 fully saturated rings. The second kappa shape index (κ2) is 7.55. The molecular formula is C13H17NO3. The van der Waals surface area contributed by atoms with Crippen molar-refractivity contribution in [2.75, 3.05) is 26.8 Å². The van der Waals surface area contributed by atoms with Gasteiger partial charge in [0.05, 0.1) is 13.7 Å². The van der Waals surface area contributed by atoms with Crippen molar-refractivity contribution >= 4 is 0 Å². The molecule has 1 unspecified atom stereocenters. The van der Waals surface area contributed by atoms with E-state index in [4.69, 9.17) is 15.9 Å². The summed E-state index contributed by atoms with van der Waals surface area (Å²) in [5, 5.41) is 12.5. The average Bonchev–Trinajstić information content (AvgIpc) is 2.37. The third-order valence-electron chi connectivity index (χ3n) is 2.09. The molecule has 0 aliphatic carbocycles. The van der Waals surface area contributed by atoms with Gasteiger partial charge in [0.2, 0.25) is 0 Å². The minimum atomic E-state index is -0.588. The molecule has 0 heterocycles. The molecule has 0 saturated carbocycles. The molecule has 0 bridgehead atoms. The first kappa shape index (κ1) is 13.4. The van der Waals surface area contributed by atoms with Gasteiger partial charge in [-0.25, -0.2) is 0 Å². The van der Waals surface area contributed by atoms with Crippen molar-refractivity contribution in [1.82, 2.24) is 5.32 Å². The van der Waals surface area contributed by atoms with Crippen LogP contribution in [0.4, 0.5) is 0 Å². The van der Waals surface area contributed by atoms with Gasteiger partial charge in [0, 0.05) is 12.6 Å². The molecule has 4 heteroatoms. The van der Waals surface area contributed by atoms with Crippen LogP contribution in [0.5, 0.6) is 11.5 Å². The lowest BCUT2D eigenvalue weighted by molar-refractivity contribution is 0.107. The summed E-state index contributed by atoms with van der Waals surface area (Å²) in [5.41, 5.74) is 0. The van der Waals surface area contributed by atoms with Gasteiger partial charge in [0.15, 0.2) is 0 Å². The molecule has 2 N–H and O–H groups in total. The summed E-state index contributed by atoms with van der Waals surface area (Å²) in [5.74, 6) is 3.82. The number of terminal acetylenes is 1. The van der Waals surface area contributed by atoms with Crippen molar-refractivity contribution in [3.8, 4) is 23.8 Å². The third-order valence-corrected chi connectivity index (χ3v) is 2.09. The first-order valence-electron chi connectivity index (χ1n) is 5.35. The highest BCUT2D eigenvalue weighted by molar-refractivity contribution is 5.32. The highest BCUT2D eigenvalue weighted by atomic mass is 16.5. The van der Waals surface area contributed by atoms with E-state index in [1.165, 1.54) is 0 Å². The highest BCUT2D eigenvalue weighted by Crippen LogP contribution is 2.18. The van der Waals surface area contributed by atoms with Crippen molar-refractivity contribution in [3.05, 3.63) is 24.3 Å². The quantitative estimate of drug-likeness (QED) is 0.538. The molecule has 0 amide bonds. The lowest BCUT2D eigenvalue weighted by Gasteiger charge is -2.12. The molecule has 0 aliphatic rings. The smallest absolute Gasteiger partial charge is 0.123 e. The van der Waals surface area contributed by atoms with Gasteiger partial charge in [0.25, 0.3) is 0 Å². The van der Waals surface area contributed by atoms with E-state index >= 15 is 0 Å². The molecule has 1 rings (SSSR count). The predicted molar refractivity (Wildman–Crippen MR) is 66.2 cm³/mol. The molecule has 1 aromatic carbocycles. The summed E-state index contributed by atoms with van der Waals surface area (Å²) in [6, 6.07) is 7.24. The Morgan fingerprint density at radius 1 is 1.47 bits per heavy atom. The molecular weight excluding hydrogens is 218 g/mol. The largest absolute Gasteiger partial charge is 0.497 e. The summed E-state index contributed by atoms with van der Waals surface area (Å²) in [7, 11) is 1.59.